The maximum Gasteiger partial charge on any atom is 0.0810 e. The molecule has 0 N–H and O–H groups in total. The Morgan fingerprint density at radius 2 is 1.19 bits per heavy atom. The molecular weight excluding hydrogens is 509 g/mol. The molecule has 3 heterocycles. The second-order valence-electron chi connectivity index (χ2n) is 7.21. The Bertz CT molecular complexity index is 1390. The van der Waals surface area contributed by atoms with Gasteiger partial charge in [0, 0.05) is 49.5 Å². The second kappa shape index (κ2) is 8.85. The van der Waals surface area contributed by atoms with Crippen molar-refractivity contribution in [3.05, 3.63) is 88.0 Å². The first-order valence-electron chi connectivity index (χ1n) is 9.91. The molecule has 1 unspecified atom stereocenters. The number of benzene rings is 3. The van der Waals surface area contributed by atoms with Crippen LogP contribution in [0.2, 0.25) is 0 Å². The van der Waals surface area contributed by atoms with E-state index in [-0.39, 0.29) is 0 Å². The van der Waals surface area contributed by atoms with Crippen LogP contribution in [0.15, 0.2) is 132 Å². The molecule has 7 heteroatoms. The molecule has 3 aliphatic heterocycles. The zero-order valence-electron chi connectivity index (χ0n) is 16.9. The van der Waals surface area contributed by atoms with Crippen molar-refractivity contribution < 1.29 is 4.21 Å². The van der Waals surface area contributed by atoms with Crippen LogP contribution in [-0.4, -0.2) is 4.21 Å². The minimum Gasteiger partial charge on any atom is -0.250 e. The molecule has 0 radical (unpaired) electrons. The van der Waals surface area contributed by atoms with E-state index >= 15 is 0 Å². The summed E-state index contributed by atoms with van der Waals surface area (Å²) >= 11 is 8.83. The van der Waals surface area contributed by atoms with Gasteiger partial charge in [0.15, 0.2) is 0 Å². The number of fused-ring (bicyclic) bond motifs is 1. The largest absolute Gasteiger partial charge is 0.250 e. The van der Waals surface area contributed by atoms with Gasteiger partial charge in [-0.05, 0) is 54.3 Å². The molecule has 158 valence electrons. The third-order valence-corrected chi connectivity index (χ3v) is 12.8. The Morgan fingerprint density at radius 1 is 0.656 bits per heavy atom. The lowest BCUT2D eigenvalue weighted by Gasteiger charge is -2.24. The molecule has 0 spiro atoms. The van der Waals surface area contributed by atoms with Crippen molar-refractivity contribution in [2.75, 3.05) is 0 Å². The molecule has 32 heavy (non-hydrogen) atoms. The summed E-state index contributed by atoms with van der Waals surface area (Å²) in [5.74, 6) is 0. The molecular formula is C25H16OS6. The summed E-state index contributed by atoms with van der Waals surface area (Å²) in [5.41, 5.74) is 0. The van der Waals surface area contributed by atoms with Crippen molar-refractivity contribution in [2.45, 2.75) is 51.0 Å². The summed E-state index contributed by atoms with van der Waals surface area (Å²) in [7, 11) is -1.26. The van der Waals surface area contributed by atoms with Crippen molar-refractivity contribution in [1.82, 2.24) is 0 Å². The van der Waals surface area contributed by atoms with Crippen LogP contribution in [0.1, 0.15) is 6.92 Å². The number of thioether (sulfide) groups is 2. The third-order valence-electron chi connectivity index (χ3n) is 4.99. The van der Waals surface area contributed by atoms with E-state index in [1.807, 2.05) is 28.9 Å². The predicted molar refractivity (Wildman–Crippen MR) is 141 cm³/mol. The zero-order chi connectivity index (χ0) is 21.7. The smallest absolute Gasteiger partial charge is 0.0810 e. The van der Waals surface area contributed by atoms with Gasteiger partial charge in [0.25, 0.3) is 0 Å². The van der Waals surface area contributed by atoms with Crippen LogP contribution in [0.5, 0.6) is 0 Å². The lowest BCUT2D eigenvalue weighted by Crippen LogP contribution is -1.98. The molecule has 1 nitrogen and oxygen atoms in total. The van der Waals surface area contributed by atoms with Gasteiger partial charge in [0.1, 0.15) is 0 Å². The average Bonchev–Trinajstić information content (AvgIpc) is 2.77. The Labute approximate surface area is 211 Å². The maximum absolute atomic E-state index is 13.8. The Morgan fingerprint density at radius 3 is 1.84 bits per heavy atom. The molecule has 6 rings (SSSR count). The van der Waals surface area contributed by atoms with Gasteiger partial charge < -0.3 is 0 Å². The minimum atomic E-state index is -1.26. The van der Waals surface area contributed by atoms with Crippen molar-refractivity contribution in [3.8, 4) is 0 Å². The lowest BCUT2D eigenvalue weighted by molar-refractivity contribution is 0.685. The Hall–Kier alpha value is -1.22. The lowest BCUT2D eigenvalue weighted by atomic mass is 10.3. The van der Waals surface area contributed by atoms with E-state index in [4.69, 9.17) is 0 Å². The van der Waals surface area contributed by atoms with Gasteiger partial charge in [0.2, 0.25) is 0 Å². The zero-order valence-corrected chi connectivity index (χ0v) is 21.8. The quantitative estimate of drug-likeness (QED) is 0.226. The molecule has 0 aliphatic carbocycles. The molecule has 0 saturated heterocycles. The van der Waals surface area contributed by atoms with E-state index in [2.05, 4.69) is 79.7 Å². The van der Waals surface area contributed by atoms with E-state index in [1.165, 1.54) is 34.3 Å². The van der Waals surface area contributed by atoms with Crippen molar-refractivity contribution in [1.29, 1.82) is 0 Å². The van der Waals surface area contributed by atoms with Crippen molar-refractivity contribution in [3.63, 3.8) is 0 Å². The second-order valence-corrected chi connectivity index (χ2v) is 14.0. The summed E-state index contributed by atoms with van der Waals surface area (Å²) in [6.07, 6.45) is 6.28. The normalized spacial score (nSPS) is 18.8. The number of hydrogen-bond acceptors (Lipinski definition) is 6. The highest BCUT2D eigenvalue weighted by molar-refractivity contribution is 8.08. The minimum absolute atomic E-state index is 0.907. The fourth-order valence-corrected chi connectivity index (χ4v) is 11.3. The summed E-state index contributed by atoms with van der Waals surface area (Å²) in [6, 6.07) is 19.3. The highest BCUT2D eigenvalue weighted by Crippen LogP contribution is 2.56. The van der Waals surface area contributed by atoms with Crippen LogP contribution in [0.25, 0.3) is 0 Å². The van der Waals surface area contributed by atoms with Crippen LogP contribution < -0.4 is 0 Å². The van der Waals surface area contributed by atoms with Crippen LogP contribution >= 0.6 is 58.8 Å². The van der Waals surface area contributed by atoms with Gasteiger partial charge in [-0.15, -0.1) is 0 Å². The highest BCUT2D eigenvalue weighted by atomic mass is 32.2. The summed E-state index contributed by atoms with van der Waals surface area (Å²) < 4.78 is 13.8. The molecule has 0 amide bonds. The average molecular weight is 525 g/mol. The fraction of sp³-hybridized carbons (Fsp3) is 0.0400. The molecule has 0 saturated carbocycles. The van der Waals surface area contributed by atoms with Gasteiger partial charge in [0.05, 0.1) is 15.7 Å². The molecule has 1 atom stereocenters. The van der Waals surface area contributed by atoms with Crippen LogP contribution in [-0.2, 0) is 10.8 Å². The van der Waals surface area contributed by atoms with Gasteiger partial charge in [-0.2, -0.15) is 0 Å². The summed E-state index contributed by atoms with van der Waals surface area (Å²) in [4.78, 5) is 12.8. The summed E-state index contributed by atoms with van der Waals surface area (Å²) in [6.45, 7) is 2.11. The Balaban J connectivity index is 1.65. The molecule has 3 aromatic rings. The monoisotopic (exact) mass is 524 g/mol. The first-order valence-corrected chi connectivity index (χ1v) is 15.2. The van der Waals surface area contributed by atoms with Crippen molar-refractivity contribution in [2.24, 2.45) is 0 Å². The van der Waals surface area contributed by atoms with E-state index in [0.717, 1.165) is 19.6 Å². The van der Waals surface area contributed by atoms with Crippen LogP contribution in [0, 0.1) is 0 Å². The first-order chi connectivity index (χ1) is 15.7. The van der Waals surface area contributed by atoms with E-state index < -0.39 is 10.8 Å². The van der Waals surface area contributed by atoms with E-state index in [1.54, 1.807) is 35.3 Å². The third kappa shape index (κ3) is 3.97. The highest BCUT2D eigenvalue weighted by Gasteiger charge is 2.25. The van der Waals surface area contributed by atoms with Crippen molar-refractivity contribution >= 4 is 69.6 Å². The van der Waals surface area contributed by atoms with Gasteiger partial charge >= 0.3 is 0 Å². The van der Waals surface area contributed by atoms with Crippen LogP contribution in [0.3, 0.4) is 0 Å². The Kier molecular flexibility index (Phi) is 5.90. The van der Waals surface area contributed by atoms with Gasteiger partial charge in [-0.1, -0.05) is 89.2 Å². The molecule has 0 fully saturated rings. The number of rotatable bonds is 0. The first kappa shape index (κ1) is 21.3. The standard InChI is InChI=1S/C25H16OS6/c1-15-6-2-7-16-14-32(26)25-21(27-15)12-5-13-22(25)30-20-11-4-10-19-24(20)31-23-17(28-16)8-3-9-18(23)29-19/h2-14H,1H3. The molecule has 4 bridgehead atoms. The van der Waals surface area contributed by atoms with E-state index in [9.17, 15) is 4.21 Å². The predicted octanol–water partition coefficient (Wildman–Crippen LogP) is 9.07. The number of hydrogen-bond donors (Lipinski definition) is 0. The van der Waals surface area contributed by atoms with Gasteiger partial charge in [-0.3, -0.25) is 0 Å². The summed E-state index contributed by atoms with van der Waals surface area (Å²) in [5, 5.41) is 1.91. The SMILES string of the molecule is CC1=CC=CC2=CS(=O)c3c(cccc3Sc3cccc4c3Sc3c(cccc3S4)S2)S1. The fourth-order valence-electron chi connectivity index (χ4n) is 3.58. The molecule has 0 aromatic heterocycles. The molecule has 3 aromatic carbocycles. The maximum atomic E-state index is 13.8. The topological polar surface area (TPSA) is 17.1 Å². The van der Waals surface area contributed by atoms with Crippen LogP contribution in [0.4, 0.5) is 0 Å². The number of allylic oxidation sites excluding steroid dienone is 4. The van der Waals surface area contributed by atoms with Gasteiger partial charge in [-0.25, -0.2) is 4.21 Å². The molecule has 3 aliphatic rings. The van der Waals surface area contributed by atoms with E-state index in [0.29, 0.717) is 0 Å².